The lowest BCUT2D eigenvalue weighted by molar-refractivity contribution is -0.153. The standard InChI is InChI=1S/C8H16O2.C2H6/c1-5-8(3,4)7(9)10-6-2;1-2/h5-6H2,1-4H3;1-2H3. The van der Waals surface area contributed by atoms with Gasteiger partial charge in [0.25, 0.3) is 0 Å². The second kappa shape index (κ2) is 7.14. The van der Waals surface area contributed by atoms with Crippen molar-refractivity contribution >= 4 is 5.97 Å². The second-order valence-corrected chi connectivity index (χ2v) is 2.96. The molecule has 2 heteroatoms. The monoisotopic (exact) mass is 174 g/mol. The quantitative estimate of drug-likeness (QED) is 0.615. The summed E-state index contributed by atoms with van der Waals surface area (Å²) in [6.45, 7) is 12.1. The highest BCUT2D eigenvalue weighted by atomic mass is 16.5. The predicted molar refractivity (Wildman–Crippen MR) is 52.1 cm³/mol. The van der Waals surface area contributed by atoms with Gasteiger partial charge in [0.05, 0.1) is 12.0 Å². The molecule has 0 radical (unpaired) electrons. The third kappa shape index (κ3) is 5.16. The lowest BCUT2D eigenvalue weighted by Gasteiger charge is -2.19. The van der Waals surface area contributed by atoms with Crippen LogP contribution in [0, 0.1) is 5.41 Å². The SMILES string of the molecule is CC.CCOC(=O)C(C)(C)CC. The van der Waals surface area contributed by atoms with Gasteiger partial charge in [-0.3, -0.25) is 4.79 Å². The number of rotatable bonds is 3. The largest absolute Gasteiger partial charge is 0.466 e. The minimum absolute atomic E-state index is 0.0995. The van der Waals surface area contributed by atoms with Crippen molar-refractivity contribution in [1.29, 1.82) is 0 Å². The number of hydrogen-bond acceptors (Lipinski definition) is 2. The van der Waals surface area contributed by atoms with E-state index in [1.165, 1.54) is 0 Å². The molecule has 0 fully saturated rings. The van der Waals surface area contributed by atoms with Crippen molar-refractivity contribution in [3.8, 4) is 0 Å². The van der Waals surface area contributed by atoms with Gasteiger partial charge in [0.15, 0.2) is 0 Å². The Labute approximate surface area is 76.3 Å². The maximum Gasteiger partial charge on any atom is 0.311 e. The molecule has 0 rings (SSSR count). The van der Waals surface area contributed by atoms with Crippen LogP contribution < -0.4 is 0 Å². The van der Waals surface area contributed by atoms with E-state index in [0.717, 1.165) is 6.42 Å². The molecule has 0 amide bonds. The van der Waals surface area contributed by atoms with Gasteiger partial charge in [-0.25, -0.2) is 0 Å². The third-order valence-electron chi connectivity index (χ3n) is 1.71. The Bertz CT molecular complexity index is 117. The summed E-state index contributed by atoms with van der Waals surface area (Å²) in [5, 5.41) is 0. The maximum absolute atomic E-state index is 11.1. The molecule has 74 valence electrons. The predicted octanol–water partition coefficient (Wildman–Crippen LogP) is 3.01. The van der Waals surface area contributed by atoms with Crippen LogP contribution in [0.5, 0.6) is 0 Å². The van der Waals surface area contributed by atoms with E-state index in [9.17, 15) is 4.79 Å². The van der Waals surface area contributed by atoms with Gasteiger partial charge in [0.2, 0.25) is 0 Å². The molecule has 0 N–H and O–H groups in total. The molecule has 0 aliphatic carbocycles. The first-order valence-electron chi connectivity index (χ1n) is 4.71. The fourth-order valence-electron chi connectivity index (χ4n) is 0.471. The van der Waals surface area contributed by atoms with E-state index in [2.05, 4.69) is 0 Å². The van der Waals surface area contributed by atoms with Crippen LogP contribution in [0.4, 0.5) is 0 Å². The molecule has 0 heterocycles. The Morgan fingerprint density at radius 3 is 1.92 bits per heavy atom. The fourth-order valence-corrected chi connectivity index (χ4v) is 0.471. The van der Waals surface area contributed by atoms with Crippen molar-refractivity contribution in [2.24, 2.45) is 5.41 Å². The minimum Gasteiger partial charge on any atom is -0.466 e. The van der Waals surface area contributed by atoms with Gasteiger partial charge in [-0.05, 0) is 27.2 Å². The van der Waals surface area contributed by atoms with Gasteiger partial charge < -0.3 is 4.74 Å². The molecule has 0 unspecified atom stereocenters. The Balaban J connectivity index is 0. The molecule has 0 aliphatic heterocycles. The van der Waals surface area contributed by atoms with Gasteiger partial charge in [0, 0.05) is 0 Å². The van der Waals surface area contributed by atoms with Gasteiger partial charge in [-0.15, -0.1) is 0 Å². The van der Waals surface area contributed by atoms with Crippen LogP contribution in [0.2, 0.25) is 0 Å². The van der Waals surface area contributed by atoms with Crippen LogP contribution in [0.1, 0.15) is 48.0 Å². The molecule has 12 heavy (non-hydrogen) atoms. The number of esters is 1. The Morgan fingerprint density at radius 2 is 1.67 bits per heavy atom. The lowest BCUT2D eigenvalue weighted by Crippen LogP contribution is -2.25. The van der Waals surface area contributed by atoms with E-state index >= 15 is 0 Å². The molecule has 0 aliphatic rings. The first-order chi connectivity index (χ1) is 5.54. The van der Waals surface area contributed by atoms with E-state index in [0.29, 0.717) is 6.61 Å². The summed E-state index contributed by atoms with van der Waals surface area (Å²) < 4.78 is 4.86. The molecule has 0 atom stereocenters. The van der Waals surface area contributed by atoms with Crippen LogP contribution in [0.15, 0.2) is 0 Å². The van der Waals surface area contributed by atoms with Crippen molar-refractivity contribution in [2.75, 3.05) is 6.61 Å². The second-order valence-electron chi connectivity index (χ2n) is 2.96. The van der Waals surface area contributed by atoms with Crippen molar-refractivity contribution in [3.63, 3.8) is 0 Å². The molecule has 0 bridgehead atoms. The van der Waals surface area contributed by atoms with E-state index in [-0.39, 0.29) is 11.4 Å². The molecule has 0 aromatic rings. The van der Waals surface area contributed by atoms with Crippen molar-refractivity contribution in [1.82, 2.24) is 0 Å². The topological polar surface area (TPSA) is 26.3 Å². The fraction of sp³-hybridized carbons (Fsp3) is 0.900. The zero-order valence-corrected chi connectivity index (χ0v) is 9.23. The highest BCUT2D eigenvalue weighted by Crippen LogP contribution is 2.20. The summed E-state index contributed by atoms with van der Waals surface area (Å²) in [6, 6.07) is 0. The Morgan fingerprint density at radius 1 is 1.25 bits per heavy atom. The lowest BCUT2D eigenvalue weighted by atomic mass is 9.91. The van der Waals surface area contributed by atoms with Crippen LogP contribution in [-0.4, -0.2) is 12.6 Å². The zero-order chi connectivity index (χ0) is 10.2. The molecular weight excluding hydrogens is 152 g/mol. The number of carbonyl (C=O) groups is 1. The minimum atomic E-state index is -0.310. The van der Waals surface area contributed by atoms with Crippen LogP contribution in [0.25, 0.3) is 0 Å². The molecule has 0 saturated heterocycles. The van der Waals surface area contributed by atoms with E-state index < -0.39 is 0 Å². The van der Waals surface area contributed by atoms with Crippen LogP contribution >= 0.6 is 0 Å². The Kier molecular flexibility index (Phi) is 8.34. The van der Waals surface area contributed by atoms with Gasteiger partial charge in [0.1, 0.15) is 0 Å². The summed E-state index contributed by atoms with van der Waals surface area (Å²) in [5.74, 6) is -0.0995. The van der Waals surface area contributed by atoms with Crippen molar-refractivity contribution in [2.45, 2.75) is 48.0 Å². The molecule has 0 saturated carbocycles. The maximum atomic E-state index is 11.1. The molecule has 0 aromatic carbocycles. The normalized spacial score (nSPS) is 9.83. The molecule has 0 spiro atoms. The summed E-state index contributed by atoms with van der Waals surface area (Å²) in [6.07, 6.45) is 0.825. The number of hydrogen-bond donors (Lipinski definition) is 0. The van der Waals surface area contributed by atoms with E-state index in [1.54, 1.807) is 0 Å². The van der Waals surface area contributed by atoms with Crippen molar-refractivity contribution < 1.29 is 9.53 Å². The molecular formula is C10H22O2. The van der Waals surface area contributed by atoms with Gasteiger partial charge in [-0.1, -0.05) is 20.8 Å². The van der Waals surface area contributed by atoms with Crippen molar-refractivity contribution in [3.05, 3.63) is 0 Å². The average Bonchev–Trinajstić information content (AvgIpc) is 2.08. The highest BCUT2D eigenvalue weighted by molar-refractivity contribution is 5.75. The number of ether oxygens (including phenoxy) is 1. The zero-order valence-electron chi connectivity index (χ0n) is 9.23. The third-order valence-corrected chi connectivity index (χ3v) is 1.71. The van der Waals surface area contributed by atoms with Gasteiger partial charge in [-0.2, -0.15) is 0 Å². The first kappa shape index (κ1) is 14.0. The summed E-state index contributed by atoms with van der Waals surface area (Å²) >= 11 is 0. The molecule has 0 aromatic heterocycles. The molecule has 2 nitrogen and oxygen atoms in total. The van der Waals surface area contributed by atoms with E-state index in [1.807, 2.05) is 41.5 Å². The summed E-state index contributed by atoms with van der Waals surface area (Å²) in [5.41, 5.74) is -0.310. The average molecular weight is 174 g/mol. The van der Waals surface area contributed by atoms with Crippen LogP contribution in [-0.2, 0) is 9.53 Å². The van der Waals surface area contributed by atoms with Crippen LogP contribution in [0.3, 0.4) is 0 Å². The number of carbonyl (C=O) groups excluding carboxylic acids is 1. The summed E-state index contributed by atoms with van der Waals surface area (Å²) in [7, 11) is 0. The highest BCUT2D eigenvalue weighted by Gasteiger charge is 2.26. The van der Waals surface area contributed by atoms with Gasteiger partial charge >= 0.3 is 5.97 Å². The summed E-state index contributed by atoms with van der Waals surface area (Å²) in [4.78, 5) is 11.1. The smallest absolute Gasteiger partial charge is 0.311 e. The Hall–Kier alpha value is -0.530. The first-order valence-corrected chi connectivity index (χ1v) is 4.71. The van der Waals surface area contributed by atoms with E-state index in [4.69, 9.17) is 4.74 Å².